The van der Waals surface area contributed by atoms with Gasteiger partial charge in [0.25, 0.3) is 0 Å². The Morgan fingerprint density at radius 3 is 2.69 bits per heavy atom. The molecule has 1 fully saturated rings. The van der Waals surface area contributed by atoms with E-state index in [1.54, 1.807) is 0 Å². The fraction of sp³-hybridized carbons (Fsp3) is 0.643. The van der Waals surface area contributed by atoms with Crippen molar-refractivity contribution in [1.29, 1.82) is 0 Å². The van der Waals surface area contributed by atoms with Crippen LogP contribution in [-0.4, -0.2) is 12.6 Å². The quantitative estimate of drug-likeness (QED) is 0.508. The summed E-state index contributed by atoms with van der Waals surface area (Å²) >= 11 is 0. The minimum absolute atomic E-state index is 0.0455. The van der Waals surface area contributed by atoms with Gasteiger partial charge in [0.15, 0.2) is 0 Å². The van der Waals surface area contributed by atoms with Crippen LogP contribution in [0.3, 0.4) is 0 Å². The van der Waals surface area contributed by atoms with E-state index >= 15 is 0 Å². The summed E-state index contributed by atoms with van der Waals surface area (Å²) in [6.45, 7) is 10.6. The zero-order chi connectivity index (χ0) is 12.1. The maximum absolute atomic E-state index is 11.4. The third-order valence-electron chi connectivity index (χ3n) is 2.92. The average Bonchev–Trinajstić information content (AvgIpc) is 2.96. The van der Waals surface area contributed by atoms with Crippen molar-refractivity contribution in [3.05, 3.63) is 23.8 Å². The van der Waals surface area contributed by atoms with Gasteiger partial charge in [0.1, 0.15) is 0 Å². The lowest BCUT2D eigenvalue weighted by atomic mass is 10.1. The highest BCUT2D eigenvalue weighted by Crippen LogP contribution is 2.45. The molecule has 2 heteroatoms. The fourth-order valence-electron chi connectivity index (χ4n) is 1.89. The summed E-state index contributed by atoms with van der Waals surface area (Å²) in [6, 6.07) is 0. The van der Waals surface area contributed by atoms with Gasteiger partial charge in [0.05, 0.1) is 12.5 Å². The lowest BCUT2D eigenvalue weighted by molar-refractivity contribution is -0.144. The van der Waals surface area contributed by atoms with Crippen molar-refractivity contribution in [2.75, 3.05) is 6.61 Å². The second-order valence-corrected chi connectivity index (χ2v) is 4.68. The van der Waals surface area contributed by atoms with Crippen molar-refractivity contribution in [3.8, 4) is 0 Å². The van der Waals surface area contributed by atoms with Gasteiger partial charge in [-0.15, -0.1) is 0 Å². The second-order valence-electron chi connectivity index (χ2n) is 4.68. The summed E-state index contributed by atoms with van der Waals surface area (Å²) < 4.78 is 5.00. The van der Waals surface area contributed by atoms with Crippen LogP contribution < -0.4 is 0 Å². The molecule has 1 aliphatic carbocycles. The van der Waals surface area contributed by atoms with Gasteiger partial charge in [-0.25, -0.2) is 0 Å². The van der Waals surface area contributed by atoms with E-state index in [1.807, 2.05) is 6.92 Å². The predicted molar refractivity (Wildman–Crippen MR) is 66.0 cm³/mol. The van der Waals surface area contributed by atoms with Crippen LogP contribution in [0, 0.1) is 11.8 Å². The first-order valence-electron chi connectivity index (χ1n) is 6.04. The van der Waals surface area contributed by atoms with Crippen LogP contribution in [0.2, 0.25) is 0 Å². The smallest absolute Gasteiger partial charge is 0.309 e. The number of hydrogen-bond donors (Lipinski definition) is 0. The molecular formula is C14H22O2. The summed E-state index contributed by atoms with van der Waals surface area (Å²) in [6.07, 6.45) is 5.18. The number of carbonyl (C=O) groups excluding carboxylic acids is 1. The normalized spacial score (nSPS) is 22.4. The molecule has 0 radical (unpaired) electrons. The Labute approximate surface area is 98.4 Å². The molecule has 2 atom stereocenters. The largest absolute Gasteiger partial charge is 0.466 e. The number of rotatable bonds is 6. The molecule has 0 saturated heterocycles. The van der Waals surface area contributed by atoms with E-state index in [4.69, 9.17) is 4.74 Å². The van der Waals surface area contributed by atoms with Gasteiger partial charge in [0.2, 0.25) is 0 Å². The maximum atomic E-state index is 11.4. The minimum atomic E-state index is -0.0455. The molecular weight excluding hydrogens is 200 g/mol. The standard InChI is InChI=1S/C14H22O2/c1-5-16-14(15)13-9-12(13)11(4)8-6-7-10(2)3/h7,12-13H,4-6,8-9H2,1-3H3. The highest BCUT2D eigenvalue weighted by Gasteiger charge is 2.45. The van der Waals surface area contributed by atoms with Crippen molar-refractivity contribution in [2.24, 2.45) is 11.8 Å². The van der Waals surface area contributed by atoms with Crippen LogP contribution in [0.1, 0.15) is 40.0 Å². The van der Waals surface area contributed by atoms with Gasteiger partial charge < -0.3 is 4.74 Å². The van der Waals surface area contributed by atoms with Gasteiger partial charge in [-0.1, -0.05) is 23.8 Å². The molecule has 0 heterocycles. The molecule has 0 aliphatic heterocycles. The number of carbonyl (C=O) groups is 1. The summed E-state index contributed by atoms with van der Waals surface area (Å²) in [4.78, 5) is 11.4. The van der Waals surface area contributed by atoms with Gasteiger partial charge in [-0.3, -0.25) is 4.79 Å². The SMILES string of the molecule is C=C(CCC=C(C)C)C1CC1C(=O)OCC. The summed E-state index contributed by atoms with van der Waals surface area (Å²) in [5.41, 5.74) is 2.54. The third-order valence-corrected chi connectivity index (χ3v) is 2.92. The summed E-state index contributed by atoms with van der Waals surface area (Å²) in [7, 11) is 0. The summed E-state index contributed by atoms with van der Waals surface area (Å²) in [5.74, 6) is 0.430. The zero-order valence-corrected chi connectivity index (χ0v) is 10.6. The first-order chi connectivity index (χ1) is 7.56. The number of ether oxygens (including phenoxy) is 1. The average molecular weight is 222 g/mol. The van der Waals surface area contributed by atoms with Crippen LogP contribution in [-0.2, 0) is 9.53 Å². The number of hydrogen-bond acceptors (Lipinski definition) is 2. The Kier molecular flexibility index (Phi) is 4.78. The molecule has 0 bridgehead atoms. The van der Waals surface area contributed by atoms with Crippen LogP contribution in [0.15, 0.2) is 23.8 Å². The Morgan fingerprint density at radius 2 is 2.12 bits per heavy atom. The summed E-state index contributed by atoms with van der Waals surface area (Å²) in [5, 5.41) is 0. The van der Waals surface area contributed by atoms with Crippen molar-refractivity contribution >= 4 is 5.97 Å². The number of esters is 1. The third kappa shape index (κ3) is 3.84. The van der Waals surface area contributed by atoms with Crippen LogP contribution in [0.5, 0.6) is 0 Å². The highest BCUT2D eigenvalue weighted by atomic mass is 16.5. The van der Waals surface area contributed by atoms with E-state index in [2.05, 4.69) is 26.5 Å². The van der Waals surface area contributed by atoms with E-state index in [0.29, 0.717) is 12.5 Å². The van der Waals surface area contributed by atoms with E-state index in [9.17, 15) is 4.79 Å². The van der Waals surface area contributed by atoms with Crippen LogP contribution in [0.4, 0.5) is 0 Å². The first-order valence-corrected chi connectivity index (χ1v) is 6.04. The monoisotopic (exact) mass is 222 g/mol. The second kappa shape index (κ2) is 5.88. The molecule has 0 amide bonds. The van der Waals surface area contributed by atoms with Gasteiger partial charge in [0, 0.05) is 0 Å². The molecule has 0 aromatic heterocycles. The molecule has 1 saturated carbocycles. The van der Waals surface area contributed by atoms with Gasteiger partial charge >= 0.3 is 5.97 Å². The molecule has 2 unspecified atom stereocenters. The molecule has 0 aromatic rings. The van der Waals surface area contributed by atoms with Crippen molar-refractivity contribution in [2.45, 2.75) is 40.0 Å². The molecule has 0 N–H and O–H groups in total. The van der Waals surface area contributed by atoms with Crippen LogP contribution >= 0.6 is 0 Å². The van der Waals surface area contributed by atoms with Crippen molar-refractivity contribution in [1.82, 2.24) is 0 Å². The number of allylic oxidation sites excluding steroid dienone is 3. The lowest BCUT2D eigenvalue weighted by Crippen LogP contribution is -2.08. The molecule has 0 spiro atoms. The molecule has 16 heavy (non-hydrogen) atoms. The van der Waals surface area contributed by atoms with E-state index in [0.717, 1.165) is 19.3 Å². The molecule has 2 nitrogen and oxygen atoms in total. The predicted octanol–water partition coefficient (Wildman–Crippen LogP) is 3.49. The van der Waals surface area contributed by atoms with E-state index in [1.165, 1.54) is 11.1 Å². The Bertz CT molecular complexity index is 298. The minimum Gasteiger partial charge on any atom is -0.466 e. The van der Waals surface area contributed by atoms with E-state index < -0.39 is 0 Å². The molecule has 1 aliphatic rings. The van der Waals surface area contributed by atoms with Crippen molar-refractivity contribution < 1.29 is 9.53 Å². The molecule has 90 valence electrons. The van der Waals surface area contributed by atoms with Gasteiger partial charge in [-0.05, 0) is 46.0 Å². The highest BCUT2D eigenvalue weighted by molar-refractivity contribution is 5.76. The van der Waals surface area contributed by atoms with Crippen LogP contribution in [0.25, 0.3) is 0 Å². The zero-order valence-electron chi connectivity index (χ0n) is 10.6. The Morgan fingerprint density at radius 1 is 1.44 bits per heavy atom. The topological polar surface area (TPSA) is 26.3 Å². The maximum Gasteiger partial charge on any atom is 0.309 e. The first kappa shape index (κ1) is 13.0. The Hall–Kier alpha value is -1.05. The Balaban J connectivity index is 2.26. The fourth-order valence-corrected chi connectivity index (χ4v) is 1.89. The van der Waals surface area contributed by atoms with Crippen molar-refractivity contribution in [3.63, 3.8) is 0 Å². The van der Waals surface area contributed by atoms with E-state index in [-0.39, 0.29) is 11.9 Å². The van der Waals surface area contributed by atoms with Gasteiger partial charge in [-0.2, -0.15) is 0 Å². The lowest BCUT2D eigenvalue weighted by Gasteiger charge is -2.03. The molecule has 1 rings (SSSR count). The molecule has 0 aromatic carbocycles.